The molecule has 2 heterocycles. The second-order valence-corrected chi connectivity index (χ2v) is 7.35. The molecule has 1 saturated heterocycles. The number of hydrogen-bond acceptors (Lipinski definition) is 6. The second kappa shape index (κ2) is 10.5. The number of likely N-dealkylation sites (tertiary alicyclic amines) is 1. The van der Waals surface area contributed by atoms with Gasteiger partial charge < -0.3 is 14.6 Å². The van der Waals surface area contributed by atoms with Crippen molar-refractivity contribution in [3.8, 4) is 11.4 Å². The van der Waals surface area contributed by atoms with Crippen LogP contribution in [0.25, 0.3) is 11.4 Å². The maximum Gasteiger partial charge on any atom is 0.241 e. The van der Waals surface area contributed by atoms with Crippen LogP contribution in [0.4, 0.5) is 0 Å². The van der Waals surface area contributed by atoms with E-state index >= 15 is 0 Å². The molecule has 152 valence electrons. The summed E-state index contributed by atoms with van der Waals surface area (Å²) in [6.45, 7) is 6.34. The molecule has 0 aliphatic carbocycles. The molecule has 1 amide bonds. The third-order valence-corrected chi connectivity index (χ3v) is 5.11. The standard InChI is InChI=1S/C20H27ClN4O3/c1-2-27-13-3-10-22-20(26)16-8-11-25(12-9-16)14-18-23-19(24-28-18)15-4-6-17(21)7-5-15/h4-7,16H,2-3,8-14H2,1H3,(H,22,26). The molecule has 0 atom stereocenters. The minimum Gasteiger partial charge on any atom is -0.382 e. The van der Waals surface area contributed by atoms with Gasteiger partial charge in [-0.1, -0.05) is 16.8 Å². The lowest BCUT2D eigenvalue weighted by Crippen LogP contribution is -2.40. The maximum atomic E-state index is 12.3. The van der Waals surface area contributed by atoms with Gasteiger partial charge in [0, 0.05) is 36.3 Å². The van der Waals surface area contributed by atoms with Crippen LogP contribution in [0.2, 0.25) is 5.02 Å². The summed E-state index contributed by atoms with van der Waals surface area (Å²) in [6, 6.07) is 7.35. The molecule has 28 heavy (non-hydrogen) atoms. The first-order valence-electron chi connectivity index (χ1n) is 9.82. The molecule has 1 aromatic carbocycles. The number of aromatic nitrogens is 2. The summed E-state index contributed by atoms with van der Waals surface area (Å²) in [5, 5.41) is 7.74. The van der Waals surface area contributed by atoms with Crippen molar-refractivity contribution < 1.29 is 14.1 Å². The Morgan fingerprint density at radius 2 is 2.07 bits per heavy atom. The largest absolute Gasteiger partial charge is 0.382 e. The lowest BCUT2D eigenvalue weighted by Gasteiger charge is -2.30. The molecule has 1 N–H and O–H groups in total. The minimum atomic E-state index is 0.0793. The number of piperidine rings is 1. The Kier molecular flexibility index (Phi) is 7.82. The Labute approximate surface area is 170 Å². The minimum absolute atomic E-state index is 0.0793. The molecule has 0 unspecified atom stereocenters. The molecule has 0 radical (unpaired) electrons. The van der Waals surface area contributed by atoms with Crippen LogP contribution < -0.4 is 5.32 Å². The van der Waals surface area contributed by atoms with Crippen LogP contribution in [-0.4, -0.2) is 53.8 Å². The summed E-state index contributed by atoms with van der Waals surface area (Å²) in [4.78, 5) is 19.0. The Bertz CT molecular complexity index is 742. The number of benzene rings is 1. The third kappa shape index (κ3) is 6.02. The van der Waals surface area contributed by atoms with Crippen molar-refractivity contribution in [2.24, 2.45) is 5.92 Å². The number of amides is 1. The number of rotatable bonds is 9. The van der Waals surface area contributed by atoms with E-state index in [-0.39, 0.29) is 11.8 Å². The highest BCUT2D eigenvalue weighted by Gasteiger charge is 2.25. The predicted molar refractivity (Wildman–Crippen MR) is 107 cm³/mol. The van der Waals surface area contributed by atoms with E-state index in [4.69, 9.17) is 20.9 Å². The van der Waals surface area contributed by atoms with Crippen molar-refractivity contribution in [3.05, 3.63) is 35.2 Å². The lowest BCUT2D eigenvalue weighted by atomic mass is 9.96. The van der Waals surface area contributed by atoms with Gasteiger partial charge in [-0.15, -0.1) is 0 Å². The number of carbonyl (C=O) groups is 1. The summed E-state index contributed by atoms with van der Waals surface area (Å²) < 4.78 is 10.7. The molecule has 1 aromatic heterocycles. The molecule has 0 bridgehead atoms. The van der Waals surface area contributed by atoms with E-state index in [1.807, 2.05) is 19.1 Å². The molecule has 0 spiro atoms. The fourth-order valence-corrected chi connectivity index (χ4v) is 3.38. The van der Waals surface area contributed by atoms with Gasteiger partial charge >= 0.3 is 0 Å². The zero-order valence-corrected chi connectivity index (χ0v) is 17.0. The molecule has 3 rings (SSSR count). The smallest absolute Gasteiger partial charge is 0.241 e. The summed E-state index contributed by atoms with van der Waals surface area (Å²) >= 11 is 5.91. The van der Waals surface area contributed by atoms with E-state index in [2.05, 4.69) is 20.4 Å². The normalized spacial score (nSPS) is 15.6. The quantitative estimate of drug-likeness (QED) is 0.644. The van der Waals surface area contributed by atoms with Crippen LogP contribution in [0, 0.1) is 5.92 Å². The fourth-order valence-electron chi connectivity index (χ4n) is 3.25. The van der Waals surface area contributed by atoms with E-state index in [0.717, 1.165) is 37.9 Å². The highest BCUT2D eigenvalue weighted by Crippen LogP contribution is 2.21. The first-order chi connectivity index (χ1) is 13.7. The topological polar surface area (TPSA) is 80.5 Å². The van der Waals surface area contributed by atoms with Gasteiger partial charge in [0.05, 0.1) is 6.54 Å². The average molecular weight is 407 g/mol. The van der Waals surface area contributed by atoms with E-state index in [1.54, 1.807) is 12.1 Å². The highest BCUT2D eigenvalue weighted by molar-refractivity contribution is 6.30. The zero-order valence-electron chi connectivity index (χ0n) is 16.2. The summed E-state index contributed by atoms with van der Waals surface area (Å²) in [7, 11) is 0. The fraction of sp³-hybridized carbons (Fsp3) is 0.550. The third-order valence-electron chi connectivity index (χ3n) is 4.86. The number of nitrogens with zero attached hydrogens (tertiary/aromatic N) is 3. The lowest BCUT2D eigenvalue weighted by molar-refractivity contribution is -0.126. The van der Waals surface area contributed by atoms with Gasteiger partial charge in [0.2, 0.25) is 17.6 Å². The second-order valence-electron chi connectivity index (χ2n) is 6.91. The van der Waals surface area contributed by atoms with Crippen LogP contribution >= 0.6 is 11.6 Å². The van der Waals surface area contributed by atoms with Crippen LogP contribution in [-0.2, 0) is 16.1 Å². The number of ether oxygens (including phenoxy) is 1. The van der Waals surface area contributed by atoms with Crippen molar-refractivity contribution in [2.45, 2.75) is 32.7 Å². The van der Waals surface area contributed by atoms with Crippen molar-refractivity contribution in [2.75, 3.05) is 32.8 Å². The van der Waals surface area contributed by atoms with Crippen molar-refractivity contribution in [1.82, 2.24) is 20.4 Å². The van der Waals surface area contributed by atoms with Crippen LogP contribution in [0.3, 0.4) is 0 Å². The number of halogens is 1. The SMILES string of the molecule is CCOCCCNC(=O)C1CCN(Cc2nc(-c3ccc(Cl)cc3)no2)CC1. The van der Waals surface area contributed by atoms with E-state index in [9.17, 15) is 4.79 Å². The first kappa shape index (κ1) is 20.8. The van der Waals surface area contributed by atoms with E-state index in [0.29, 0.717) is 43.0 Å². The van der Waals surface area contributed by atoms with E-state index in [1.165, 1.54) is 0 Å². The first-order valence-corrected chi connectivity index (χ1v) is 10.2. The Morgan fingerprint density at radius 3 is 2.79 bits per heavy atom. The Balaban J connectivity index is 1.41. The zero-order chi connectivity index (χ0) is 19.8. The molecular weight excluding hydrogens is 380 g/mol. The Hall–Kier alpha value is -1.96. The van der Waals surface area contributed by atoms with Crippen LogP contribution in [0.15, 0.2) is 28.8 Å². The molecule has 8 heteroatoms. The average Bonchev–Trinajstić information content (AvgIpc) is 3.17. The van der Waals surface area contributed by atoms with E-state index < -0.39 is 0 Å². The highest BCUT2D eigenvalue weighted by atomic mass is 35.5. The summed E-state index contributed by atoms with van der Waals surface area (Å²) in [5.41, 5.74) is 0.874. The number of hydrogen-bond donors (Lipinski definition) is 1. The molecule has 1 aliphatic heterocycles. The van der Waals surface area contributed by atoms with Crippen molar-refractivity contribution >= 4 is 17.5 Å². The predicted octanol–water partition coefficient (Wildman–Crippen LogP) is 3.14. The van der Waals surface area contributed by atoms with Crippen LogP contribution in [0.5, 0.6) is 0 Å². The summed E-state index contributed by atoms with van der Waals surface area (Å²) in [6.07, 6.45) is 2.54. The van der Waals surface area contributed by atoms with Gasteiger partial charge in [-0.05, 0) is 63.5 Å². The van der Waals surface area contributed by atoms with Gasteiger partial charge in [-0.2, -0.15) is 4.98 Å². The van der Waals surface area contributed by atoms with Gasteiger partial charge in [0.25, 0.3) is 0 Å². The maximum absolute atomic E-state index is 12.3. The van der Waals surface area contributed by atoms with Crippen LogP contribution in [0.1, 0.15) is 32.1 Å². The van der Waals surface area contributed by atoms with Gasteiger partial charge in [-0.25, -0.2) is 0 Å². The van der Waals surface area contributed by atoms with Gasteiger partial charge in [-0.3, -0.25) is 9.69 Å². The number of carbonyl (C=O) groups excluding carboxylic acids is 1. The number of nitrogens with one attached hydrogen (secondary N) is 1. The summed E-state index contributed by atoms with van der Waals surface area (Å²) in [5.74, 6) is 1.38. The molecule has 2 aromatic rings. The molecule has 7 nitrogen and oxygen atoms in total. The van der Waals surface area contributed by atoms with Crippen molar-refractivity contribution in [3.63, 3.8) is 0 Å². The molecule has 0 saturated carbocycles. The van der Waals surface area contributed by atoms with Crippen molar-refractivity contribution in [1.29, 1.82) is 0 Å². The molecular formula is C20H27ClN4O3. The Morgan fingerprint density at radius 1 is 1.32 bits per heavy atom. The van der Waals surface area contributed by atoms with Gasteiger partial charge in [0.15, 0.2) is 0 Å². The monoisotopic (exact) mass is 406 g/mol. The van der Waals surface area contributed by atoms with Gasteiger partial charge in [0.1, 0.15) is 0 Å². The molecule has 1 fully saturated rings. The molecule has 1 aliphatic rings.